The highest BCUT2D eigenvalue weighted by Crippen LogP contribution is 2.15. The molecule has 25 heavy (non-hydrogen) atoms. The Morgan fingerprint density at radius 2 is 1.76 bits per heavy atom. The molecule has 4 heteroatoms. The molecule has 0 aromatic heterocycles. The molecule has 0 bridgehead atoms. The van der Waals surface area contributed by atoms with Crippen LogP contribution in [0.15, 0.2) is 42.5 Å². The molecule has 0 saturated carbocycles. The van der Waals surface area contributed by atoms with E-state index in [-0.39, 0.29) is 5.91 Å². The molecule has 2 rings (SSSR count). The zero-order valence-corrected chi connectivity index (χ0v) is 16.0. The van der Waals surface area contributed by atoms with Gasteiger partial charge < -0.3 is 15.1 Å². The molecule has 0 aliphatic carbocycles. The van der Waals surface area contributed by atoms with Gasteiger partial charge in [-0.3, -0.25) is 4.79 Å². The minimum absolute atomic E-state index is 0.0636. The van der Waals surface area contributed by atoms with Crippen LogP contribution in [0.25, 0.3) is 0 Å². The quantitative estimate of drug-likeness (QED) is 0.812. The summed E-state index contributed by atoms with van der Waals surface area (Å²) in [6.45, 7) is 8.44. The topological polar surface area (TPSA) is 36.8 Å². The lowest BCUT2D eigenvalue weighted by atomic mass is 10.1. The molecule has 4 nitrogen and oxygen atoms in total. The van der Waals surface area contributed by atoms with Crippen LogP contribution in [-0.4, -0.2) is 33.1 Å². The van der Waals surface area contributed by atoms with Gasteiger partial charge in [0.2, 0.25) is 0 Å². The average Bonchev–Trinajstić information content (AvgIpc) is 2.57. The van der Waals surface area contributed by atoms with E-state index in [2.05, 4.69) is 54.4 Å². The summed E-state index contributed by atoms with van der Waals surface area (Å²) in [5.41, 5.74) is 5.65. The minimum Gasteiger partial charge on any atom is -0.378 e. The number of carbonyl (C=O) groups is 1. The summed E-state index contributed by atoms with van der Waals surface area (Å²) in [6, 6.07) is 14.6. The molecule has 1 unspecified atom stereocenters. The molecule has 0 aliphatic rings. The Balaban J connectivity index is 1.95. The summed E-state index contributed by atoms with van der Waals surface area (Å²) < 4.78 is 0. The molecule has 2 N–H and O–H groups in total. The van der Waals surface area contributed by atoms with Crippen LogP contribution in [0.2, 0.25) is 0 Å². The number of hydrogen-bond donors (Lipinski definition) is 2. The molecular formula is C21H30N3O+. The molecule has 0 fully saturated rings. The number of nitrogens with zero attached hydrogens (tertiary/aromatic N) is 1. The number of nitrogens with one attached hydrogen (secondary N) is 2. The number of rotatable bonds is 7. The third-order valence-corrected chi connectivity index (χ3v) is 4.47. The van der Waals surface area contributed by atoms with Crippen LogP contribution in [0.5, 0.6) is 0 Å². The van der Waals surface area contributed by atoms with E-state index in [1.807, 2.05) is 33.2 Å². The van der Waals surface area contributed by atoms with Crippen LogP contribution in [0, 0.1) is 13.8 Å². The summed E-state index contributed by atoms with van der Waals surface area (Å²) >= 11 is 0. The van der Waals surface area contributed by atoms with Gasteiger partial charge in [-0.1, -0.05) is 29.8 Å². The van der Waals surface area contributed by atoms with Crippen molar-refractivity contribution in [3.63, 3.8) is 0 Å². The molecule has 0 saturated heterocycles. The van der Waals surface area contributed by atoms with Gasteiger partial charge >= 0.3 is 0 Å². The van der Waals surface area contributed by atoms with Crippen LogP contribution < -0.4 is 15.1 Å². The Bertz CT molecular complexity index is 708. The maximum Gasteiger partial charge on any atom is 0.279 e. The van der Waals surface area contributed by atoms with Crippen molar-refractivity contribution in [3.8, 4) is 0 Å². The van der Waals surface area contributed by atoms with Crippen LogP contribution in [0.1, 0.15) is 23.6 Å². The highest BCUT2D eigenvalue weighted by molar-refractivity contribution is 5.92. The number of likely N-dealkylation sites (N-methyl/N-ethyl adjacent to an activating group) is 1. The fraction of sp³-hybridized carbons (Fsp3) is 0.381. The normalized spacial score (nSPS) is 11.9. The lowest BCUT2D eigenvalue weighted by molar-refractivity contribution is -0.903. The van der Waals surface area contributed by atoms with Gasteiger partial charge in [-0.25, -0.2) is 0 Å². The van der Waals surface area contributed by atoms with Crippen molar-refractivity contribution in [3.05, 3.63) is 59.2 Å². The van der Waals surface area contributed by atoms with Gasteiger partial charge in [0.05, 0.1) is 6.54 Å². The predicted octanol–water partition coefficient (Wildman–Crippen LogP) is 2.41. The summed E-state index contributed by atoms with van der Waals surface area (Å²) in [5.74, 6) is 0.0636. The Hall–Kier alpha value is -2.33. The number of anilines is 2. The van der Waals surface area contributed by atoms with Gasteiger partial charge in [-0.05, 0) is 44.5 Å². The van der Waals surface area contributed by atoms with Crippen LogP contribution in [0.3, 0.4) is 0 Å². The monoisotopic (exact) mass is 340 g/mol. The highest BCUT2D eigenvalue weighted by Gasteiger charge is 2.14. The second-order valence-electron chi connectivity index (χ2n) is 6.88. The van der Waals surface area contributed by atoms with E-state index in [0.717, 1.165) is 24.3 Å². The van der Waals surface area contributed by atoms with Gasteiger partial charge in [0.1, 0.15) is 6.54 Å². The van der Waals surface area contributed by atoms with Crippen molar-refractivity contribution < 1.29 is 9.69 Å². The van der Waals surface area contributed by atoms with E-state index >= 15 is 0 Å². The Morgan fingerprint density at radius 1 is 1.08 bits per heavy atom. The largest absolute Gasteiger partial charge is 0.378 e. The Labute approximate surface area is 151 Å². The SMILES string of the molecule is CC[NH+](CC(=O)Nc1ccc(C)cc1C)Cc1ccc(N(C)C)cc1. The summed E-state index contributed by atoms with van der Waals surface area (Å²) in [4.78, 5) is 15.8. The van der Waals surface area contributed by atoms with E-state index < -0.39 is 0 Å². The average molecular weight is 340 g/mol. The van der Waals surface area contributed by atoms with Crippen molar-refractivity contribution in [1.29, 1.82) is 0 Å². The zero-order chi connectivity index (χ0) is 18.4. The molecule has 2 aromatic rings. The molecular weight excluding hydrogens is 310 g/mol. The van der Waals surface area contributed by atoms with Crippen LogP contribution in [0.4, 0.5) is 11.4 Å². The van der Waals surface area contributed by atoms with Crippen LogP contribution in [-0.2, 0) is 11.3 Å². The number of hydrogen-bond acceptors (Lipinski definition) is 2. The van der Waals surface area contributed by atoms with Crippen molar-refractivity contribution in [2.24, 2.45) is 0 Å². The van der Waals surface area contributed by atoms with E-state index in [9.17, 15) is 4.79 Å². The predicted molar refractivity (Wildman–Crippen MR) is 105 cm³/mol. The first-order chi connectivity index (χ1) is 11.9. The standard InChI is InChI=1S/C21H29N3O/c1-6-24(14-18-8-10-19(11-9-18)23(4)5)15-21(25)22-20-12-7-16(2)13-17(20)3/h7-13H,6,14-15H2,1-5H3,(H,22,25)/p+1. The minimum atomic E-state index is 0.0636. The van der Waals surface area contributed by atoms with E-state index in [1.165, 1.54) is 21.7 Å². The lowest BCUT2D eigenvalue weighted by Crippen LogP contribution is -3.11. The number of amides is 1. The fourth-order valence-electron chi connectivity index (χ4n) is 2.89. The number of aryl methyl sites for hydroxylation is 2. The molecule has 0 radical (unpaired) electrons. The third kappa shape index (κ3) is 5.61. The third-order valence-electron chi connectivity index (χ3n) is 4.47. The van der Waals surface area contributed by atoms with Crippen molar-refractivity contribution in [2.75, 3.05) is 37.4 Å². The molecule has 1 atom stereocenters. The number of carbonyl (C=O) groups excluding carboxylic acids is 1. The van der Waals surface area contributed by atoms with Crippen LogP contribution >= 0.6 is 0 Å². The van der Waals surface area contributed by atoms with E-state index in [0.29, 0.717) is 6.54 Å². The number of quaternary nitrogens is 1. The second kappa shape index (κ2) is 8.67. The van der Waals surface area contributed by atoms with Crippen molar-refractivity contribution in [2.45, 2.75) is 27.3 Å². The summed E-state index contributed by atoms with van der Waals surface area (Å²) in [6.07, 6.45) is 0. The second-order valence-corrected chi connectivity index (χ2v) is 6.88. The van der Waals surface area contributed by atoms with E-state index in [1.54, 1.807) is 0 Å². The van der Waals surface area contributed by atoms with Crippen molar-refractivity contribution in [1.82, 2.24) is 0 Å². The molecule has 134 valence electrons. The molecule has 1 amide bonds. The zero-order valence-electron chi connectivity index (χ0n) is 16.0. The lowest BCUT2D eigenvalue weighted by Gasteiger charge is -2.19. The number of benzene rings is 2. The molecule has 2 aromatic carbocycles. The molecule has 0 aliphatic heterocycles. The molecule has 0 heterocycles. The highest BCUT2D eigenvalue weighted by atomic mass is 16.2. The molecule has 0 spiro atoms. The van der Waals surface area contributed by atoms with Gasteiger partial charge in [0, 0.05) is 31.0 Å². The van der Waals surface area contributed by atoms with E-state index in [4.69, 9.17) is 0 Å². The first-order valence-corrected chi connectivity index (χ1v) is 8.86. The maximum atomic E-state index is 12.4. The summed E-state index contributed by atoms with van der Waals surface area (Å²) in [7, 11) is 4.08. The van der Waals surface area contributed by atoms with Gasteiger partial charge in [-0.2, -0.15) is 0 Å². The maximum absolute atomic E-state index is 12.4. The Morgan fingerprint density at radius 3 is 2.32 bits per heavy atom. The smallest absolute Gasteiger partial charge is 0.279 e. The summed E-state index contributed by atoms with van der Waals surface area (Å²) in [5, 5.41) is 3.05. The fourth-order valence-corrected chi connectivity index (χ4v) is 2.89. The first kappa shape index (κ1) is 19.0. The Kier molecular flexibility index (Phi) is 6.59. The van der Waals surface area contributed by atoms with Gasteiger partial charge in [0.15, 0.2) is 6.54 Å². The van der Waals surface area contributed by atoms with Gasteiger partial charge in [0.25, 0.3) is 5.91 Å². The van der Waals surface area contributed by atoms with Gasteiger partial charge in [-0.15, -0.1) is 0 Å². The van der Waals surface area contributed by atoms with Crippen molar-refractivity contribution >= 4 is 17.3 Å². The first-order valence-electron chi connectivity index (χ1n) is 8.86.